The highest BCUT2D eigenvalue weighted by molar-refractivity contribution is 6.18. The molecule has 0 aliphatic heterocycles. The lowest BCUT2D eigenvalue weighted by Crippen LogP contribution is -2.14. The molecule has 2 aromatic heterocycles. The van der Waals surface area contributed by atoms with Gasteiger partial charge in [-0.1, -0.05) is 141 Å². The lowest BCUT2D eigenvalue weighted by atomic mass is 9.82. The van der Waals surface area contributed by atoms with Gasteiger partial charge in [0.1, 0.15) is 0 Å². The summed E-state index contributed by atoms with van der Waals surface area (Å²) in [6, 6.07) is 21.8. The molecule has 0 atom stereocenters. The number of aromatic nitrogens is 4. The van der Waals surface area contributed by atoms with Crippen molar-refractivity contribution in [2.45, 2.75) is 19.1 Å². The number of hydrogen-bond acceptors (Lipinski definition) is 3. The molecule has 4 nitrogen and oxygen atoms in total. The molecule has 10 rings (SSSR count). The lowest BCUT2D eigenvalue weighted by molar-refractivity contribution is 0.661. The normalized spacial score (nSPS) is 18.2. The predicted molar refractivity (Wildman–Crippen MR) is 206 cm³/mol. The quantitative estimate of drug-likeness (QED) is 0.189. The van der Waals surface area contributed by atoms with E-state index in [1.165, 1.54) is 4.57 Å². The van der Waals surface area contributed by atoms with Crippen LogP contribution in [0.1, 0.15) is 46.8 Å². The van der Waals surface area contributed by atoms with Crippen molar-refractivity contribution in [2.75, 3.05) is 0 Å². The first-order valence-electron chi connectivity index (χ1n) is 23.8. The molecule has 0 fully saturated rings. The summed E-state index contributed by atoms with van der Waals surface area (Å²) in [6.07, 6.45) is 0. The second kappa shape index (κ2) is 10.8. The zero-order chi connectivity index (χ0) is 47.1. The van der Waals surface area contributed by atoms with Crippen LogP contribution in [-0.4, -0.2) is 19.5 Å². The summed E-state index contributed by atoms with van der Waals surface area (Å²) in [6.45, 7) is -7.20. The minimum atomic E-state index is -3.60. The van der Waals surface area contributed by atoms with Crippen molar-refractivity contribution in [1.29, 1.82) is 0 Å². The van der Waals surface area contributed by atoms with Gasteiger partial charge in [-0.25, -0.2) is 15.0 Å². The molecule has 0 unspecified atom stereocenters. The summed E-state index contributed by atoms with van der Waals surface area (Å²) < 4.78 is 144. The predicted octanol–water partition coefficient (Wildman–Crippen LogP) is 11.4. The Bertz CT molecular complexity index is 3500. The topological polar surface area (TPSA) is 43.6 Å². The first-order chi connectivity index (χ1) is 31.2. The third-order valence-electron chi connectivity index (χ3n) is 9.13. The third kappa shape index (κ3) is 4.28. The monoisotopic (exact) mass is 656 g/mol. The Kier molecular flexibility index (Phi) is 3.64. The maximum Gasteiger partial charge on any atom is 0.164 e. The fraction of sp³-hybridized carbons (Fsp3) is 0.0652. The van der Waals surface area contributed by atoms with E-state index >= 15 is 0 Å². The minimum absolute atomic E-state index is 0.192. The summed E-state index contributed by atoms with van der Waals surface area (Å²) in [4.78, 5) is 14.4. The molecule has 0 saturated heterocycles. The van der Waals surface area contributed by atoms with Crippen LogP contribution in [-0.2, 0) is 5.41 Å². The summed E-state index contributed by atoms with van der Waals surface area (Å²) >= 11 is 0. The summed E-state index contributed by atoms with van der Waals surface area (Å²) in [5, 5.41) is 0.790. The molecule has 0 saturated carbocycles. The van der Waals surface area contributed by atoms with Crippen LogP contribution in [0.25, 0.3) is 83.6 Å². The molecule has 7 aromatic carbocycles. The number of benzene rings is 7. The van der Waals surface area contributed by atoms with Crippen molar-refractivity contribution < 1.29 is 21.9 Å². The van der Waals surface area contributed by atoms with Gasteiger partial charge in [-0.2, -0.15) is 0 Å². The maximum absolute atomic E-state index is 9.58. The third-order valence-corrected chi connectivity index (χ3v) is 9.13. The number of fused-ring (bicyclic) bond motifs is 8. The van der Waals surface area contributed by atoms with Gasteiger partial charge in [0.2, 0.25) is 0 Å². The van der Waals surface area contributed by atoms with E-state index in [4.69, 9.17) is 31.4 Å². The van der Waals surface area contributed by atoms with Gasteiger partial charge in [0.15, 0.2) is 17.5 Å². The molecule has 236 valence electrons. The fourth-order valence-electron chi connectivity index (χ4n) is 6.81. The van der Waals surface area contributed by atoms with Gasteiger partial charge < -0.3 is 4.57 Å². The molecule has 50 heavy (non-hydrogen) atoms. The zero-order valence-corrected chi connectivity index (χ0v) is 26.0. The van der Waals surface area contributed by atoms with E-state index in [9.17, 15) is 5.48 Å². The highest BCUT2D eigenvalue weighted by Crippen LogP contribution is 2.53. The lowest BCUT2D eigenvalue weighted by Gasteiger charge is -2.21. The molecule has 4 heteroatoms. The van der Waals surface area contributed by atoms with Crippen LogP contribution in [0.4, 0.5) is 0 Å². The standard InChI is InChI=1S/C46H32N4/c1-46(2)37-19-11-9-17-35(37)41-38(46)25-26-40-42(41)36-18-10-12-20-39(36)50(40)34-24-23-31-27-33(22-21-32(31)28-34)45-48-43(29-13-5-3-6-14-29)47-44(49-45)30-15-7-4-8-16-30/h3-28H,1-2H3/i1D3,2D3,9D,10D,11D,12D,17D,18D,19D,20D,25D,26D. The molecular weight excluding hydrogens is 609 g/mol. The largest absolute Gasteiger partial charge is 0.309 e. The molecule has 9 aromatic rings. The Morgan fingerprint density at radius 3 is 1.94 bits per heavy atom. The van der Waals surface area contributed by atoms with E-state index in [-0.39, 0.29) is 27.5 Å². The van der Waals surface area contributed by atoms with Crippen molar-refractivity contribution >= 4 is 32.6 Å². The molecule has 1 aliphatic carbocycles. The van der Waals surface area contributed by atoms with Crippen LogP contribution in [0.5, 0.6) is 0 Å². The van der Waals surface area contributed by atoms with E-state index < -0.39 is 102 Å². The molecule has 0 radical (unpaired) electrons. The van der Waals surface area contributed by atoms with Gasteiger partial charge in [0.05, 0.1) is 24.7 Å². The van der Waals surface area contributed by atoms with Gasteiger partial charge in [-0.3, -0.25) is 0 Å². The summed E-state index contributed by atoms with van der Waals surface area (Å²) in [5.74, 6) is 1.32. The van der Waals surface area contributed by atoms with E-state index in [0.29, 0.717) is 33.8 Å². The maximum atomic E-state index is 9.58. The first kappa shape index (κ1) is 16.8. The van der Waals surface area contributed by atoms with Crippen molar-refractivity contribution in [2.24, 2.45) is 0 Å². The number of nitrogens with zero attached hydrogens (tertiary/aromatic N) is 4. The van der Waals surface area contributed by atoms with Gasteiger partial charge in [-0.05, 0) is 63.3 Å². The number of para-hydroxylation sites is 1. The van der Waals surface area contributed by atoms with E-state index in [2.05, 4.69) is 0 Å². The van der Waals surface area contributed by atoms with Gasteiger partial charge >= 0.3 is 0 Å². The Morgan fingerprint density at radius 2 is 1.20 bits per heavy atom. The highest BCUT2D eigenvalue weighted by atomic mass is 15.0. The SMILES string of the molecule is [2H]c1c([2H])c([2H])c2c(c1[2H])-c1c(c([2H])c([2H])c3c1c1c([2H])c([2H])c([2H])c([2H])c1n3-c1ccc3cc(-c4nc(-c5ccccc5)nc(-c5ccccc5)n4)ccc3c1)C2(C([2H])([2H])[2H])C([2H])([2H])[2H]. The van der Waals surface area contributed by atoms with E-state index in [1.54, 1.807) is 30.3 Å². The van der Waals surface area contributed by atoms with E-state index in [0.717, 1.165) is 11.1 Å². The molecule has 1 aliphatic rings. The van der Waals surface area contributed by atoms with Crippen LogP contribution >= 0.6 is 0 Å². The van der Waals surface area contributed by atoms with Crippen molar-refractivity contribution in [1.82, 2.24) is 19.5 Å². The first-order valence-corrected chi connectivity index (χ1v) is 15.8. The molecule has 0 spiro atoms. The number of rotatable bonds is 4. The number of hydrogen-bond donors (Lipinski definition) is 0. The minimum Gasteiger partial charge on any atom is -0.309 e. The fourth-order valence-corrected chi connectivity index (χ4v) is 6.81. The smallest absolute Gasteiger partial charge is 0.164 e. The van der Waals surface area contributed by atoms with Crippen LogP contribution < -0.4 is 0 Å². The second-order valence-corrected chi connectivity index (χ2v) is 12.1. The van der Waals surface area contributed by atoms with Crippen molar-refractivity contribution in [3.8, 4) is 51.0 Å². The van der Waals surface area contributed by atoms with E-state index in [1.807, 2.05) is 66.7 Å². The average Bonchev–Trinajstić information content (AvgIpc) is 3.84. The zero-order valence-electron chi connectivity index (χ0n) is 42.0. The summed E-state index contributed by atoms with van der Waals surface area (Å²) in [5.41, 5.74) is -3.76. The van der Waals surface area contributed by atoms with Crippen LogP contribution in [0, 0.1) is 0 Å². The van der Waals surface area contributed by atoms with Gasteiger partial charge in [0, 0.05) is 46.8 Å². The van der Waals surface area contributed by atoms with Crippen LogP contribution in [0.3, 0.4) is 0 Å². The summed E-state index contributed by atoms with van der Waals surface area (Å²) in [7, 11) is 0. The van der Waals surface area contributed by atoms with Crippen molar-refractivity contribution in [3.05, 3.63) is 169 Å². The second-order valence-electron chi connectivity index (χ2n) is 12.1. The molecule has 2 heterocycles. The molecule has 0 amide bonds. The van der Waals surface area contributed by atoms with Crippen LogP contribution in [0.2, 0.25) is 0 Å². The molecule has 0 N–H and O–H groups in total. The Balaban J connectivity index is 1.28. The highest BCUT2D eigenvalue weighted by Gasteiger charge is 2.37. The molecule has 0 bridgehead atoms. The Labute approximate surface area is 312 Å². The van der Waals surface area contributed by atoms with Crippen molar-refractivity contribution in [3.63, 3.8) is 0 Å². The molecular formula is C46H32N4. The average molecular weight is 657 g/mol. The van der Waals surface area contributed by atoms with Gasteiger partial charge in [0.25, 0.3) is 0 Å². The van der Waals surface area contributed by atoms with Crippen LogP contribution in [0.15, 0.2) is 157 Å². The Hall–Kier alpha value is -6.39. The van der Waals surface area contributed by atoms with Gasteiger partial charge in [-0.15, -0.1) is 0 Å². The Morgan fingerprint density at radius 1 is 0.560 bits per heavy atom.